The molecule has 0 amide bonds. The summed E-state index contributed by atoms with van der Waals surface area (Å²) in [4.78, 5) is 6.28. The average molecular weight is 154 g/mol. The number of ether oxygens (including phenoxy) is 1. The maximum Gasteiger partial charge on any atom is 0.287 e. The van der Waals surface area contributed by atoms with Crippen LogP contribution in [0, 0.1) is 0 Å². The molecule has 0 bridgehead atoms. The molecule has 1 heterocycles. The molecule has 0 aromatic rings. The first-order valence-electron chi connectivity index (χ1n) is 3.91. The highest BCUT2D eigenvalue weighted by atomic mass is 16.5. The highest BCUT2D eigenvalue weighted by Crippen LogP contribution is 2.02. The van der Waals surface area contributed by atoms with Gasteiger partial charge in [-0.05, 0) is 6.92 Å². The molecular formula is C8H14N2O. The summed E-state index contributed by atoms with van der Waals surface area (Å²) in [6, 6.07) is 0.771. The van der Waals surface area contributed by atoms with E-state index in [0.717, 1.165) is 25.7 Å². The molecule has 0 aromatic carbocycles. The highest BCUT2D eigenvalue weighted by molar-refractivity contribution is 5.75. The smallest absolute Gasteiger partial charge is 0.287 e. The Bertz CT molecular complexity index is 165. The van der Waals surface area contributed by atoms with E-state index in [1.807, 2.05) is 13.0 Å². The molecule has 0 saturated heterocycles. The number of rotatable bonds is 3. The summed E-state index contributed by atoms with van der Waals surface area (Å²) in [7, 11) is 0. The standard InChI is InChI=1S/C8H14N2O/c1-3-6-10-7-5-9-8(10)11-4-2/h3H,1,4-7H2,2H3. The third kappa shape index (κ3) is 1.97. The minimum atomic E-state index is 0.687. The summed E-state index contributed by atoms with van der Waals surface area (Å²) in [5, 5.41) is 0. The zero-order valence-corrected chi connectivity index (χ0v) is 6.92. The molecule has 0 fully saturated rings. The predicted octanol–water partition coefficient (Wildman–Crippen LogP) is 0.880. The van der Waals surface area contributed by atoms with Crippen LogP contribution in [-0.2, 0) is 4.74 Å². The molecular weight excluding hydrogens is 140 g/mol. The van der Waals surface area contributed by atoms with Gasteiger partial charge in [0.05, 0.1) is 13.2 Å². The second-order valence-electron chi connectivity index (χ2n) is 2.33. The molecule has 11 heavy (non-hydrogen) atoms. The van der Waals surface area contributed by atoms with E-state index < -0.39 is 0 Å². The largest absolute Gasteiger partial charge is 0.465 e. The van der Waals surface area contributed by atoms with Crippen LogP contribution < -0.4 is 0 Å². The van der Waals surface area contributed by atoms with Crippen LogP contribution in [0.25, 0.3) is 0 Å². The van der Waals surface area contributed by atoms with Crippen LogP contribution in [0.2, 0.25) is 0 Å². The van der Waals surface area contributed by atoms with Crippen molar-refractivity contribution in [1.82, 2.24) is 4.90 Å². The second kappa shape index (κ2) is 4.01. The molecule has 0 N–H and O–H groups in total. The van der Waals surface area contributed by atoms with Crippen molar-refractivity contribution < 1.29 is 4.74 Å². The lowest BCUT2D eigenvalue weighted by Gasteiger charge is -2.16. The minimum absolute atomic E-state index is 0.687. The van der Waals surface area contributed by atoms with Crippen molar-refractivity contribution in [3.63, 3.8) is 0 Å². The fourth-order valence-electron chi connectivity index (χ4n) is 1.05. The molecule has 0 radical (unpaired) electrons. The van der Waals surface area contributed by atoms with E-state index in [0.29, 0.717) is 6.61 Å². The van der Waals surface area contributed by atoms with Gasteiger partial charge in [-0.25, -0.2) is 4.99 Å². The van der Waals surface area contributed by atoms with Crippen LogP contribution in [0.5, 0.6) is 0 Å². The lowest BCUT2D eigenvalue weighted by atomic mass is 10.5. The average Bonchev–Trinajstić information content (AvgIpc) is 2.39. The van der Waals surface area contributed by atoms with Crippen LogP contribution in [0.3, 0.4) is 0 Å². The number of amidine groups is 1. The van der Waals surface area contributed by atoms with Gasteiger partial charge in [0.15, 0.2) is 0 Å². The second-order valence-corrected chi connectivity index (χ2v) is 2.33. The number of aliphatic imine (C=N–C) groups is 1. The maximum atomic E-state index is 5.30. The monoisotopic (exact) mass is 154 g/mol. The van der Waals surface area contributed by atoms with Crippen molar-refractivity contribution in [3.05, 3.63) is 12.7 Å². The van der Waals surface area contributed by atoms with Gasteiger partial charge in [-0.15, -0.1) is 6.58 Å². The fraction of sp³-hybridized carbons (Fsp3) is 0.625. The number of nitrogens with zero attached hydrogens (tertiary/aromatic N) is 2. The molecule has 0 aliphatic carbocycles. The first-order valence-corrected chi connectivity index (χ1v) is 3.91. The van der Waals surface area contributed by atoms with E-state index in [4.69, 9.17) is 4.74 Å². The lowest BCUT2D eigenvalue weighted by Crippen LogP contribution is -2.29. The summed E-state index contributed by atoms with van der Waals surface area (Å²) >= 11 is 0. The van der Waals surface area contributed by atoms with Crippen molar-refractivity contribution in [2.45, 2.75) is 6.92 Å². The third-order valence-corrected chi connectivity index (χ3v) is 1.51. The van der Waals surface area contributed by atoms with Gasteiger partial charge in [0.2, 0.25) is 0 Å². The SMILES string of the molecule is C=CCN1CCN=C1OCC. The highest BCUT2D eigenvalue weighted by Gasteiger charge is 2.15. The van der Waals surface area contributed by atoms with Crippen LogP contribution in [-0.4, -0.2) is 37.2 Å². The van der Waals surface area contributed by atoms with Crippen LogP contribution in [0.1, 0.15) is 6.92 Å². The topological polar surface area (TPSA) is 24.8 Å². The minimum Gasteiger partial charge on any atom is -0.465 e. The molecule has 3 nitrogen and oxygen atoms in total. The quantitative estimate of drug-likeness (QED) is 0.564. The molecule has 1 rings (SSSR count). The van der Waals surface area contributed by atoms with Crippen LogP contribution in [0.15, 0.2) is 17.6 Å². The van der Waals surface area contributed by atoms with Crippen LogP contribution in [0.4, 0.5) is 0 Å². The van der Waals surface area contributed by atoms with E-state index >= 15 is 0 Å². The number of hydrogen-bond donors (Lipinski definition) is 0. The van der Waals surface area contributed by atoms with E-state index in [1.165, 1.54) is 0 Å². The first-order chi connectivity index (χ1) is 5.38. The summed E-state index contributed by atoms with van der Waals surface area (Å²) in [5.74, 6) is 0. The molecule has 0 atom stereocenters. The summed E-state index contributed by atoms with van der Waals surface area (Å²) in [5.41, 5.74) is 0. The molecule has 0 unspecified atom stereocenters. The molecule has 1 aliphatic rings. The normalized spacial score (nSPS) is 16.5. The van der Waals surface area contributed by atoms with Gasteiger partial charge in [0, 0.05) is 13.1 Å². The molecule has 0 saturated carbocycles. The first kappa shape index (κ1) is 8.11. The third-order valence-electron chi connectivity index (χ3n) is 1.51. The van der Waals surface area contributed by atoms with Gasteiger partial charge >= 0.3 is 0 Å². The van der Waals surface area contributed by atoms with Gasteiger partial charge in [0.25, 0.3) is 6.02 Å². The molecule has 62 valence electrons. The maximum absolute atomic E-state index is 5.30. The van der Waals surface area contributed by atoms with E-state index in [9.17, 15) is 0 Å². The van der Waals surface area contributed by atoms with Crippen molar-refractivity contribution in [2.24, 2.45) is 4.99 Å². The van der Waals surface area contributed by atoms with Gasteiger partial charge < -0.3 is 9.64 Å². The van der Waals surface area contributed by atoms with Gasteiger partial charge in [-0.1, -0.05) is 6.08 Å². The van der Waals surface area contributed by atoms with Gasteiger partial charge in [-0.2, -0.15) is 0 Å². The van der Waals surface area contributed by atoms with Gasteiger partial charge in [-0.3, -0.25) is 0 Å². The van der Waals surface area contributed by atoms with Crippen LogP contribution >= 0.6 is 0 Å². The number of hydrogen-bond acceptors (Lipinski definition) is 3. The Kier molecular flexibility index (Phi) is 2.95. The Hall–Kier alpha value is -0.990. The summed E-state index contributed by atoms with van der Waals surface area (Å²) < 4.78 is 5.30. The molecule has 0 spiro atoms. The summed E-state index contributed by atoms with van der Waals surface area (Å²) in [6.07, 6.45) is 1.86. The lowest BCUT2D eigenvalue weighted by molar-refractivity contribution is 0.268. The molecule has 3 heteroatoms. The molecule has 1 aliphatic heterocycles. The van der Waals surface area contributed by atoms with Crippen molar-refractivity contribution in [3.8, 4) is 0 Å². The van der Waals surface area contributed by atoms with E-state index in [1.54, 1.807) is 0 Å². The fourth-order valence-corrected chi connectivity index (χ4v) is 1.05. The Balaban J connectivity index is 2.41. The Labute approximate surface area is 67.4 Å². The molecule has 0 aromatic heterocycles. The Morgan fingerprint density at radius 3 is 3.27 bits per heavy atom. The summed E-state index contributed by atoms with van der Waals surface area (Å²) in [6.45, 7) is 8.96. The van der Waals surface area contributed by atoms with E-state index in [-0.39, 0.29) is 0 Å². The van der Waals surface area contributed by atoms with E-state index in [2.05, 4.69) is 16.5 Å². The van der Waals surface area contributed by atoms with Crippen molar-refractivity contribution >= 4 is 6.02 Å². The van der Waals surface area contributed by atoms with Gasteiger partial charge in [0.1, 0.15) is 0 Å². The van der Waals surface area contributed by atoms with Crippen molar-refractivity contribution in [2.75, 3.05) is 26.2 Å². The Morgan fingerprint density at radius 1 is 1.82 bits per heavy atom. The predicted molar refractivity (Wildman–Crippen MR) is 45.7 cm³/mol. The zero-order valence-electron chi connectivity index (χ0n) is 6.92. The van der Waals surface area contributed by atoms with Crippen molar-refractivity contribution in [1.29, 1.82) is 0 Å². The zero-order chi connectivity index (χ0) is 8.10. The Morgan fingerprint density at radius 2 is 2.64 bits per heavy atom.